The minimum absolute atomic E-state index is 0.185. The van der Waals surface area contributed by atoms with Crippen LogP contribution >= 0.6 is 0 Å². The van der Waals surface area contributed by atoms with Crippen molar-refractivity contribution in [3.63, 3.8) is 0 Å². The summed E-state index contributed by atoms with van der Waals surface area (Å²) in [6, 6.07) is 0. The fraction of sp³-hybridized carbons (Fsp3) is 0.938. The van der Waals surface area contributed by atoms with E-state index in [0.29, 0.717) is 16.7 Å². The van der Waals surface area contributed by atoms with Gasteiger partial charge in [0.05, 0.1) is 0 Å². The predicted octanol–water partition coefficient (Wildman–Crippen LogP) is 3.18. The van der Waals surface area contributed by atoms with Crippen molar-refractivity contribution in [1.29, 1.82) is 0 Å². The second kappa shape index (κ2) is 4.26. The lowest BCUT2D eigenvalue weighted by molar-refractivity contribution is -0.141. The fourth-order valence-corrected chi connectivity index (χ4v) is 8.04. The van der Waals surface area contributed by atoms with Crippen LogP contribution in [0.4, 0.5) is 0 Å². The van der Waals surface area contributed by atoms with E-state index in [1.165, 1.54) is 62.9 Å². The molecule has 0 aromatic heterocycles. The Kier molecular flexibility index (Phi) is 2.80. The molecule has 0 aromatic rings. The molecule has 5 aliphatic rings. The van der Waals surface area contributed by atoms with E-state index in [4.69, 9.17) is 0 Å². The molecule has 1 heterocycles. The van der Waals surface area contributed by atoms with Crippen molar-refractivity contribution in [2.75, 3.05) is 17.3 Å². The number of rotatable bonds is 3. The molecule has 0 unspecified atom stereocenters. The maximum absolute atomic E-state index is 12.9. The summed E-state index contributed by atoms with van der Waals surface area (Å²) in [7, 11) is 0.480. The zero-order valence-corrected chi connectivity index (χ0v) is 12.1. The van der Waals surface area contributed by atoms with Gasteiger partial charge in [0.25, 0.3) is 0 Å². The monoisotopic (exact) mass is 265 g/mol. The highest BCUT2D eigenvalue weighted by atomic mass is 32.2. The van der Waals surface area contributed by atoms with Crippen molar-refractivity contribution < 1.29 is 4.79 Å². The van der Waals surface area contributed by atoms with Crippen molar-refractivity contribution in [2.24, 2.45) is 23.2 Å². The van der Waals surface area contributed by atoms with E-state index in [0.717, 1.165) is 23.5 Å². The van der Waals surface area contributed by atoms with E-state index in [-0.39, 0.29) is 5.41 Å². The lowest BCUT2D eigenvalue weighted by Crippen LogP contribution is -2.51. The lowest BCUT2D eigenvalue weighted by Gasteiger charge is -2.55. The predicted molar refractivity (Wildman–Crippen MR) is 76.8 cm³/mol. The molecule has 100 valence electrons. The van der Waals surface area contributed by atoms with Crippen LogP contribution < -0.4 is 0 Å². The Morgan fingerprint density at radius 2 is 1.44 bits per heavy atom. The third kappa shape index (κ3) is 1.87. The van der Waals surface area contributed by atoms with E-state index in [1.54, 1.807) is 0 Å². The average Bonchev–Trinajstić information content (AvgIpc) is 2.79. The first-order valence-corrected chi connectivity index (χ1v) is 9.64. The second-order valence-electron chi connectivity index (χ2n) is 7.49. The average molecular weight is 265 g/mol. The molecule has 1 saturated heterocycles. The Morgan fingerprint density at radius 1 is 0.944 bits per heavy atom. The van der Waals surface area contributed by atoms with Gasteiger partial charge in [-0.25, -0.2) is 0 Å². The van der Waals surface area contributed by atoms with Crippen molar-refractivity contribution in [3.8, 4) is 0 Å². The largest absolute Gasteiger partial charge is 0.294 e. The Morgan fingerprint density at radius 3 is 1.94 bits per heavy atom. The van der Waals surface area contributed by atoms with Crippen LogP contribution in [-0.2, 0) is 15.7 Å². The van der Waals surface area contributed by atoms with Gasteiger partial charge in [0.15, 0.2) is 11.5 Å². The summed E-state index contributed by atoms with van der Waals surface area (Å²) < 4.78 is 0. The van der Waals surface area contributed by atoms with Gasteiger partial charge in [0, 0.05) is 5.41 Å². The van der Waals surface area contributed by atoms with Crippen LogP contribution in [0.15, 0.2) is 0 Å². The third-order valence-electron chi connectivity index (χ3n) is 6.08. The molecule has 5 fully saturated rings. The van der Waals surface area contributed by atoms with Gasteiger partial charge in [0.2, 0.25) is 0 Å². The summed E-state index contributed by atoms with van der Waals surface area (Å²) in [5.41, 5.74) is 0.185. The smallest absolute Gasteiger partial charge is 0.187 e. The topological polar surface area (TPSA) is 17.1 Å². The van der Waals surface area contributed by atoms with Gasteiger partial charge in [-0.05, 0) is 80.0 Å². The van der Waals surface area contributed by atoms with Crippen LogP contribution in [-0.4, -0.2) is 23.0 Å². The van der Waals surface area contributed by atoms with E-state index in [9.17, 15) is 4.79 Å². The summed E-state index contributed by atoms with van der Waals surface area (Å²) in [5, 5.41) is 0. The first-order valence-electron chi connectivity index (χ1n) is 7.91. The van der Waals surface area contributed by atoms with E-state index >= 15 is 0 Å². The van der Waals surface area contributed by atoms with Crippen LogP contribution in [0.3, 0.4) is 0 Å². The molecule has 4 saturated carbocycles. The highest BCUT2D eigenvalue weighted by molar-refractivity contribution is 7.97. The Labute approximate surface area is 113 Å². The summed E-state index contributed by atoms with van der Waals surface area (Å²) >= 11 is 0. The Hall–Kier alpha value is 0.0200. The SMILES string of the molecule is O=C(C[S+]1CCCC1)C12CC3CC(CC(C3)C1)C2. The molecule has 0 aromatic carbocycles. The van der Waals surface area contributed by atoms with Crippen LogP contribution in [0.2, 0.25) is 0 Å². The molecule has 4 bridgehead atoms. The van der Waals surface area contributed by atoms with Gasteiger partial charge in [-0.1, -0.05) is 0 Å². The van der Waals surface area contributed by atoms with Gasteiger partial charge in [-0.3, -0.25) is 4.79 Å². The van der Waals surface area contributed by atoms with Gasteiger partial charge < -0.3 is 0 Å². The van der Waals surface area contributed by atoms with Gasteiger partial charge in [0.1, 0.15) is 11.5 Å². The highest BCUT2D eigenvalue weighted by Crippen LogP contribution is 2.60. The zero-order valence-electron chi connectivity index (χ0n) is 11.3. The highest BCUT2D eigenvalue weighted by Gasteiger charge is 2.55. The molecule has 1 aliphatic heterocycles. The van der Waals surface area contributed by atoms with Crippen LogP contribution in [0.25, 0.3) is 0 Å². The summed E-state index contributed by atoms with van der Waals surface area (Å²) in [6.07, 6.45) is 11.0. The first kappa shape index (κ1) is 11.8. The van der Waals surface area contributed by atoms with E-state index in [1.807, 2.05) is 0 Å². The number of ketones is 1. The Bertz CT molecular complexity index is 321. The van der Waals surface area contributed by atoms with Crippen LogP contribution in [0.5, 0.6) is 0 Å². The maximum Gasteiger partial charge on any atom is 0.187 e. The van der Waals surface area contributed by atoms with Crippen molar-refractivity contribution in [2.45, 2.75) is 51.4 Å². The molecular weight excluding hydrogens is 240 g/mol. The van der Waals surface area contributed by atoms with E-state index in [2.05, 4.69) is 0 Å². The molecular formula is C16H25OS+. The maximum atomic E-state index is 12.9. The molecule has 0 N–H and O–H groups in total. The van der Waals surface area contributed by atoms with Crippen molar-refractivity contribution >= 4 is 16.7 Å². The summed E-state index contributed by atoms with van der Waals surface area (Å²) in [6.45, 7) is 0. The molecule has 0 atom stereocenters. The molecule has 0 radical (unpaired) electrons. The molecule has 0 spiro atoms. The number of Topliss-reactive ketones (excluding diaryl/α,β-unsaturated/α-hetero) is 1. The Balaban J connectivity index is 1.50. The number of carbonyl (C=O) groups is 1. The molecule has 4 aliphatic carbocycles. The zero-order chi connectivity index (χ0) is 12.2. The van der Waals surface area contributed by atoms with Crippen LogP contribution in [0.1, 0.15) is 51.4 Å². The third-order valence-corrected chi connectivity index (χ3v) is 8.48. The molecule has 18 heavy (non-hydrogen) atoms. The molecule has 0 amide bonds. The second-order valence-corrected chi connectivity index (χ2v) is 9.82. The number of carbonyl (C=O) groups excluding carboxylic acids is 1. The number of hydrogen-bond donors (Lipinski definition) is 0. The minimum Gasteiger partial charge on any atom is -0.294 e. The molecule has 2 heteroatoms. The van der Waals surface area contributed by atoms with Gasteiger partial charge >= 0.3 is 0 Å². The quantitative estimate of drug-likeness (QED) is 0.716. The lowest BCUT2D eigenvalue weighted by atomic mass is 9.48. The van der Waals surface area contributed by atoms with Gasteiger partial charge in [-0.15, -0.1) is 0 Å². The minimum atomic E-state index is 0.185. The number of hydrogen-bond acceptors (Lipinski definition) is 1. The first-order chi connectivity index (χ1) is 8.73. The fourth-order valence-electron chi connectivity index (χ4n) is 5.65. The summed E-state index contributed by atoms with van der Waals surface area (Å²) in [5.74, 6) is 7.15. The standard InChI is InChI=1S/C16H25OS/c17-15(11-18-3-1-2-4-18)16-8-12-5-13(9-16)7-14(6-12)10-16/h12-14H,1-11H2/q+1. The normalized spacial score (nSPS) is 46.8. The molecule has 1 nitrogen and oxygen atoms in total. The van der Waals surface area contributed by atoms with Crippen LogP contribution in [0, 0.1) is 23.2 Å². The molecule has 5 rings (SSSR count). The summed E-state index contributed by atoms with van der Waals surface area (Å²) in [4.78, 5) is 12.9. The van der Waals surface area contributed by atoms with E-state index < -0.39 is 0 Å². The van der Waals surface area contributed by atoms with Crippen molar-refractivity contribution in [1.82, 2.24) is 0 Å². The van der Waals surface area contributed by atoms with Crippen molar-refractivity contribution in [3.05, 3.63) is 0 Å². The van der Waals surface area contributed by atoms with Gasteiger partial charge in [-0.2, -0.15) is 0 Å².